The number of carbonyl (C=O) groups is 2. The molecular weight excluding hydrogens is 264 g/mol. The van der Waals surface area contributed by atoms with Gasteiger partial charge in [-0.05, 0) is 23.6 Å². The molecule has 5 heteroatoms. The predicted molar refractivity (Wildman–Crippen MR) is 76.4 cm³/mol. The first-order valence-corrected chi connectivity index (χ1v) is 6.82. The highest BCUT2D eigenvalue weighted by molar-refractivity contribution is 6.21. The molecule has 0 radical (unpaired) electrons. The van der Waals surface area contributed by atoms with Crippen molar-refractivity contribution in [2.24, 2.45) is 5.92 Å². The fourth-order valence-corrected chi connectivity index (χ4v) is 2.33. The van der Waals surface area contributed by atoms with Gasteiger partial charge in [-0.15, -0.1) is 11.6 Å². The number of hydrogen-bond acceptors (Lipinski definition) is 2. The standard InChI is InChI=1S/C14H17ClN2O2/c1-3-8(2)14(15)9-4-5-10-11(6-9)17-13(19)7-12(18)16-10/h4-6,8,14H,3,7H2,1-2H3,(H,16,18)(H,17,19). The molecule has 0 saturated carbocycles. The third kappa shape index (κ3) is 3.07. The first-order valence-electron chi connectivity index (χ1n) is 6.39. The minimum Gasteiger partial charge on any atom is -0.324 e. The summed E-state index contributed by atoms with van der Waals surface area (Å²) in [6, 6.07) is 5.51. The summed E-state index contributed by atoms with van der Waals surface area (Å²) in [4.78, 5) is 23.0. The number of benzene rings is 1. The highest BCUT2D eigenvalue weighted by Crippen LogP contribution is 2.35. The van der Waals surface area contributed by atoms with E-state index in [0.717, 1.165) is 12.0 Å². The molecule has 1 aliphatic rings. The van der Waals surface area contributed by atoms with Crippen LogP contribution in [0, 0.1) is 5.92 Å². The van der Waals surface area contributed by atoms with Gasteiger partial charge >= 0.3 is 0 Å². The highest BCUT2D eigenvalue weighted by Gasteiger charge is 2.21. The van der Waals surface area contributed by atoms with Crippen LogP contribution in [0.1, 0.15) is 37.6 Å². The zero-order chi connectivity index (χ0) is 14.0. The van der Waals surface area contributed by atoms with Crippen LogP contribution in [-0.4, -0.2) is 11.8 Å². The summed E-state index contributed by atoms with van der Waals surface area (Å²) in [5, 5.41) is 5.32. The lowest BCUT2D eigenvalue weighted by Crippen LogP contribution is -2.16. The summed E-state index contributed by atoms with van der Waals surface area (Å²) in [5.74, 6) is -0.257. The summed E-state index contributed by atoms with van der Waals surface area (Å²) in [6.45, 7) is 4.18. The van der Waals surface area contributed by atoms with Crippen LogP contribution >= 0.6 is 11.6 Å². The van der Waals surface area contributed by atoms with Crippen molar-refractivity contribution < 1.29 is 9.59 Å². The molecule has 4 nitrogen and oxygen atoms in total. The minimum atomic E-state index is -0.303. The second-order valence-electron chi connectivity index (χ2n) is 4.87. The van der Waals surface area contributed by atoms with E-state index in [9.17, 15) is 9.59 Å². The van der Waals surface area contributed by atoms with Crippen LogP contribution in [-0.2, 0) is 9.59 Å². The lowest BCUT2D eigenvalue weighted by molar-refractivity contribution is -0.123. The molecule has 0 fully saturated rings. The summed E-state index contributed by atoms with van der Waals surface area (Å²) in [6.07, 6.45) is 0.827. The van der Waals surface area contributed by atoms with E-state index in [1.165, 1.54) is 0 Å². The summed E-state index contributed by atoms with van der Waals surface area (Å²) in [7, 11) is 0. The number of amides is 2. The van der Waals surface area contributed by atoms with Gasteiger partial charge in [0.05, 0.1) is 16.8 Å². The normalized spacial score (nSPS) is 17.8. The zero-order valence-corrected chi connectivity index (χ0v) is 11.8. The van der Waals surface area contributed by atoms with Crippen LogP contribution in [0.4, 0.5) is 11.4 Å². The Kier molecular flexibility index (Phi) is 4.10. The Labute approximate surface area is 117 Å². The van der Waals surface area contributed by atoms with E-state index < -0.39 is 0 Å². The van der Waals surface area contributed by atoms with Crippen LogP contribution in [0.5, 0.6) is 0 Å². The number of halogens is 1. The van der Waals surface area contributed by atoms with Gasteiger partial charge in [-0.1, -0.05) is 26.3 Å². The van der Waals surface area contributed by atoms with E-state index in [2.05, 4.69) is 24.5 Å². The molecule has 1 heterocycles. The molecule has 1 aliphatic heterocycles. The molecule has 2 unspecified atom stereocenters. The maximum atomic E-state index is 11.5. The van der Waals surface area contributed by atoms with Crippen LogP contribution in [0.2, 0.25) is 0 Å². The van der Waals surface area contributed by atoms with Gasteiger partial charge in [0.2, 0.25) is 11.8 Å². The molecule has 0 aromatic heterocycles. The van der Waals surface area contributed by atoms with Gasteiger partial charge in [-0.2, -0.15) is 0 Å². The van der Waals surface area contributed by atoms with Crippen molar-refractivity contribution in [2.75, 3.05) is 10.6 Å². The Morgan fingerprint density at radius 1 is 1.21 bits per heavy atom. The molecule has 0 aliphatic carbocycles. The largest absolute Gasteiger partial charge is 0.324 e. The zero-order valence-electron chi connectivity index (χ0n) is 11.0. The quantitative estimate of drug-likeness (QED) is 0.659. The maximum absolute atomic E-state index is 11.5. The Hall–Kier alpha value is -1.55. The molecule has 0 spiro atoms. The lowest BCUT2D eigenvalue weighted by atomic mass is 9.97. The van der Waals surface area contributed by atoms with Crippen LogP contribution in [0.3, 0.4) is 0 Å². The average Bonchev–Trinajstić information content (AvgIpc) is 2.52. The van der Waals surface area contributed by atoms with E-state index in [4.69, 9.17) is 11.6 Å². The molecule has 102 valence electrons. The highest BCUT2D eigenvalue weighted by atomic mass is 35.5. The second kappa shape index (κ2) is 5.61. The molecular formula is C14H17ClN2O2. The molecule has 1 aromatic carbocycles. The summed E-state index contributed by atoms with van der Waals surface area (Å²) in [5.41, 5.74) is 2.18. The molecule has 2 amide bonds. The van der Waals surface area contributed by atoms with Crippen molar-refractivity contribution in [3.8, 4) is 0 Å². The Bertz CT molecular complexity index is 516. The van der Waals surface area contributed by atoms with E-state index >= 15 is 0 Å². The Morgan fingerprint density at radius 3 is 2.47 bits per heavy atom. The third-order valence-corrected chi connectivity index (χ3v) is 4.06. The first kappa shape index (κ1) is 13.9. The maximum Gasteiger partial charge on any atom is 0.233 e. The topological polar surface area (TPSA) is 58.2 Å². The monoisotopic (exact) mass is 280 g/mol. The van der Waals surface area contributed by atoms with Crippen LogP contribution < -0.4 is 10.6 Å². The number of nitrogens with one attached hydrogen (secondary N) is 2. The van der Waals surface area contributed by atoms with Crippen molar-refractivity contribution in [1.82, 2.24) is 0 Å². The summed E-state index contributed by atoms with van der Waals surface area (Å²) < 4.78 is 0. The predicted octanol–water partition coefficient (Wildman–Crippen LogP) is 3.29. The van der Waals surface area contributed by atoms with Gasteiger partial charge in [-0.3, -0.25) is 9.59 Å². The molecule has 2 atom stereocenters. The van der Waals surface area contributed by atoms with E-state index in [-0.39, 0.29) is 23.6 Å². The van der Waals surface area contributed by atoms with Crippen molar-refractivity contribution in [3.63, 3.8) is 0 Å². The first-order chi connectivity index (χ1) is 9.01. The van der Waals surface area contributed by atoms with Crippen molar-refractivity contribution in [2.45, 2.75) is 32.1 Å². The minimum absolute atomic E-state index is 0.105. The molecule has 2 rings (SSSR count). The Balaban J connectivity index is 2.33. The van der Waals surface area contributed by atoms with Gasteiger partial charge in [0.25, 0.3) is 0 Å². The number of carbonyl (C=O) groups excluding carboxylic acids is 2. The van der Waals surface area contributed by atoms with Crippen molar-refractivity contribution in [3.05, 3.63) is 23.8 Å². The van der Waals surface area contributed by atoms with Gasteiger partial charge in [-0.25, -0.2) is 0 Å². The van der Waals surface area contributed by atoms with E-state index in [1.54, 1.807) is 6.07 Å². The van der Waals surface area contributed by atoms with Gasteiger partial charge in [0, 0.05) is 0 Å². The lowest BCUT2D eigenvalue weighted by Gasteiger charge is -2.18. The number of fused-ring (bicyclic) bond motifs is 1. The average molecular weight is 281 g/mol. The van der Waals surface area contributed by atoms with E-state index in [1.807, 2.05) is 12.1 Å². The number of alkyl halides is 1. The Morgan fingerprint density at radius 2 is 1.84 bits per heavy atom. The van der Waals surface area contributed by atoms with Gasteiger partial charge in [0.15, 0.2) is 0 Å². The van der Waals surface area contributed by atoms with Crippen molar-refractivity contribution >= 4 is 34.8 Å². The summed E-state index contributed by atoms with van der Waals surface area (Å²) >= 11 is 6.41. The van der Waals surface area contributed by atoms with Crippen LogP contribution in [0.25, 0.3) is 0 Å². The number of hydrogen-bond donors (Lipinski definition) is 2. The fourth-order valence-electron chi connectivity index (χ4n) is 2.02. The van der Waals surface area contributed by atoms with Gasteiger partial charge in [0.1, 0.15) is 6.42 Å². The van der Waals surface area contributed by atoms with Gasteiger partial charge < -0.3 is 10.6 Å². The second-order valence-corrected chi connectivity index (χ2v) is 5.34. The molecule has 0 bridgehead atoms. The molecule has 2 N–H and O–H groups in total. The third-order valence-electron chi connectivity index (χ3n) is 3.37. The molecule has 1 aromatic rings. The smallest absolute Gasteiger partial charge is 0.233 e. The fraction of sp³-hybridized carbons (Fsp3) is 0.429. The van der Waals surface area contributed by atoms with E-state index in [0.29, 0.717) is 17.3 Å². The number of rotatable bonds is 3. The van der Waals surface area contributed by atoms with Crippen LogP contribution in [0.15, 0.2) is 18.2 Å². The van der Waals surface area contributed by atoms with Crippen molar-refractivity contribution in [1.29, 1.82) is 0 Å². The molecule has 0 saturated heterocycles. The molecule has 19 heavy (non-hydrogen) atoms. The number of anilines is 2. The SMILES string of the molecule is CCC(C)C(Cl)c1ccc2c(c1)NC(=O)CC(=O)N2.